The van der Waals surface area contributed by atoms with E-state index in [-0.39, 0.29) is 0 Å². The summed E-state index contributed by atoms with van der Waals surface area (Å²) in [5.74, 6) is -0.0576. The van der Waals surface area contributed by atoms with Gasteiger partial charge >= 0.3 is 5.97 Å². The molecule has 0 amide bonds. The van der Waals surface area contributed by atoms with Crippen molar-refractivity contribution in [2.24, 2.45) is 0 Å². The van der Waals surface area contributed by atoms with Crippen molar-refractivity contribution >= 4 is 16.9 Å². The fraction of sp³-hybridized carbons (Fsp3) is 0.250. The minimum Gasteiger partial charge on any atom is -0.494 e. The Labute approximate surface area is 194 Å². The van der Waals surface area contributed by atoms with E-state index in [9.17, 15) is 9.90 Å². The smallest absolute Gasteiger partial charge is 0.352 e. The molecule has 0 atom stereocenters. The van der Waals surface area contributed by atoms with E-state index < -0.39 is 5.97 Å². The predicted molar refractivity (Wildman–Crippen MR) is 132 cm³/mol. The van der Waals surface area contributed by atoms with Gasteiger partial charge in [0.15, 0.2) is 0 Å². The average molecular weight is 443 g/mol. The monoisotopic (exact) mass is 442 g/mol. The Morgan fingerprint density at radius 1 is 0.909 bits per heavy atom. The van der Waals surface area contributed by atoms with Crippen molar-refractivity contribution < 1.29 is 14.6 Å². The summed E-state index contributed by atoms with van der Waals surface area (Å²) < 4.78 is 7.44. The molecule has 5 nitrogen and oxygen atoms in total. The average Bonchev–Trinajstić information content (AvgIpc) is 3.09. The van der Waals surface area contributed by atoms with Gasteiger partial charge in [0, 0.05) is 36.1 Å². The van der Waals surface area contributed by atoms with Gasteiger partial charge < -0.3 is 19.7 Å². The predicted octanol–water partition coefficient (Wildman–Crippen LogP) is 5.69. The highest BCUT2D eigenvalue weighted by Crippen LogP contribution is 2.29. The summed E-state index contributed by atoms with van der Waals surface area (Å²) in [6.45, 7) is 8.31. The zero-order valence-corrected chi connectivity index (χ0v) is 19.4. The Morgan fingerprint density at radius 3 is 2.24 bits per heavy atom. The number of nitrogens with one attached hydrogen (secondary N) is 1. The largest absolute Gasteiger partial charge is 0.494 e. The van der Waals surface area contributed by atoms with Gasteiger partial charge in [0.1, 0.15) is 11.4 Å². The molecular weight excluding hydrogens is 412 g/mol. The molecule has 1 aromatic heterocycles. The number of carboxylic acid groups (broad SMARTS) is 1. The first kappa shape index (κ1) is 22.6. The van der Waals surface area contributed by atoms with Gasteiger partial charge in [-0.25, -0.2) is 4.79 Å². The highest BCUT2D eigenvalue weighted by Gasteiger charge is 2.22. The fourth-order valence-electron chi connectivity index (χ4n) is 4.20. The lowest BCUT2D eigenvalue weighted by molar-refractivity contribution is 0.0684. The van der Waals surface area contributed by atoms with Crippen molar-refractivity contribution in [3.63, 3.8) is 0 Å². The molecule has 33 heavy (non-hydrogen) atoms. The molecule has 0 fully saturated rings. The number of aromatic nitrogens is 1. The van der Waals surface area contributed by atoms with Crippen LogP contribution in [0.1, 0.15) is 45.2 Å². The Hall–Kier alpha value is -3.57. The molecule has 0 saturated carbocycles. The van der Waals surface area contributed by atoms with Gasteiger partial charge in [-0.2, -0.15) is 0 Å². The van der Waals surface area contributed by atoms with E-state index in [1.807, 2.05) is 54.8 Å². The maximum atomic E-state index is 12.4. The van der Waals surface area contributed by atoms with Crippen LogP contribution in [0.4, 0.5) is 0 Å². The highest BCUT2D eigenvalue weighted by molar-refractivity contribution is 5.98. The molecule has 0 aliphatic rings. The standard InChI is InChI=1S/C28H30N2O3/c1-4-33-23-12-10-21(11-13-23)16-29-17-25-24-14-7-20(3)15-26(24)30(27(25)28(31)32)18-22-8-5-19(2)6-9-22/h5-15,29H,4,16-18H2,1-3H3,(H,31,32). The lowest BCUT2D eigenvalue weighted by atomic mass is 10.1. The Kier molecular flexibility index (Phi) is 6.80. The molecule has 170 valence electrons. The zero-order chi connectivity index (χ0) is 23.4. The number of hydrogen-bond acceptors (Lipinski definition) is 3. The second kappa shape index (κ2) is 9.92. The number of fused-ring (bicyclic) bond motifs is 1. The van der Waals surface area contributed by atoms with Crippen molar-refractivity contribution in [2.45, 2.75) is 40.4 Å². The van der Waals surface area contributed by atoms with Crippen molar-refractivity contribution in [3.05, 3.63) is 100 Å². The molecule has 0 aliphatic carbocycles. The van der Waals surface area contributed by atoms with Crippen LogP contribution in [-0.4, -0.2) is 22.2 Å². The lowest BCUT2D eigenvalue weighted by Gasteiger charge is -2.11. The number of hydrogen-bond donors (Lipinski definition) is 2. The van der Waals surface area contributed by atoms with Crippen LogP contribution >= 0.6 is 0 Å². The second-order valence-electron chi connectivity index (χ2n) is 8.41. The van der Waals surface area contributed by atoms with Crippen LogP contribution < -0.4 is 10.1 Å². The van der Waals surface area contributed by atoms with Gasteiger partial charge in [0.2, 0.25) is 0 Å². The van der Waals surface area contributed by atoms with Gasteiger partial charge in [-0.1, -0.05) is 54.1 Å². The number of aryl methyl sites for hydroxylation is 2. The first-order valence-corrected chi connectivity index (χ1v) is 11.3. The van der Waals surface area contributed by atoms with E-state index >= 15 is 0 Å². The third-order valence-corrected chi connectivity index (χ3v) is 5.85. The number of carbonyl (C=O) groups is 1. The maximum absolute atomic E-state index is 12.4. The van der Waals surface area contributed by atoms with E-state index in [1.165, 1.54) is 5.56 Å². The van der Waals surface area contributed by atoms with Gasteiger partial charge in [-0.3, -0.25) is 0 Å². The van der Waals surface area contributed by atoms with Crippen molar-refractivity contribution in [1.82, 2.24) is 9.88 Å². The van der Waals surface area contributed by atoms with Crippen LogP contribution in [0, 0.1) is 13.8 Å². The van der Waals surface area contributed by atoms with Crippen LogP contribution in [-0.2, 0) is 19.6 Å². The van der Waals surface area contributed by atoms with E-state index in [2.05, 4.69) is 42.6 Å². The Morgan fingerprint density at radius 2 is 1.58 bits per heavy atom. The van der Waals surface area contributed by atoms with Crippen LogP contribution in [0.25, 0.3) is 10.9 Å². The minimum atomic E-state index is -0.908. The lowest BCUT2D eigenvalue weighted by Crippen LogP contribution is -2.17. The minimum absolute atomic E-state index is 0.343. The summed E-state index contributed by atoms with van der Waals surface area (Å²) in [4.78, 5) is 12.4. The summed E-state index contributed by atoms with van der Waals surface area (Å²) in [6, 6.07) is 22.4. The summed E-state index contributed by atoms with van der Waals surface area (Å²) >= 11 is 0. The number of carboxylic acids is 1. The Bertz CT molecular complexity index is 1260. The summed E-state index contributed by atoms with van der Waals surface area (Å²) in [6.07, 6.45) is 0. The third kappa shape index (κ3) is 5.10. The van der Waals surface area contributed by atoms with Crippen molar-refractivity contribution in [3.8, 4) is 5.75 Å². The molecule has 0 radical (unpaired) electrons. The third-order valence-electron chi connectivity index (χ3n) is 5.85. The van der Waals surface area contributed by atoms with Crippen LogP contribution in [0.15, 0.2) is 66.7 Å². The highest BCUT2D eigenvalue weighted by atomic mass is 16.5. The summed E-state index contributed by atoms with van der Waals surface area (Å²) in [5.41, 5.74) is 6.60. The topological polar surface area (TPSA) is 63.5 Å². The van der Waals surface area contributed by atoms with E-state index in [1.54, 1.807) is 0 Å². The number of rotatable bonds is 9. The number of aromatic carboxylic acids is 1. The van der Waals surface area contributed by atoms with Gasteiger partial charge in [0.25, 0.3) is 0 Å². The zero-order valence-electron chi connectivity index (χ0n) is 19.4. The first-order chi connectivity index (χ1) is 16.0. The summed E-state index contributed by atoms with van der Waals surface area (Å²) in [5, 5.41) is 14.6. The number of nitrogens with zero attached hydrogens (tertiary/aromatic N) is 1. The molecule has 0 spiro atoms. The SMILES string of the molecule is CCOc1ccc(CNCc2c(C(=O)O)n(Cc3ccc(C)cc3)c3cc(C)ccc23)cc1. The number of benzene rings is 3. The van der Waals surface area contributed by atoms with E-state index in [0.717, 1.165) is 38.9 Å². The molecule has 0 aliphatic heterocycles. The summed E-state index contributed by atoms with van der Waals surface area (Å²) in [7, 11) is 0. The van der Waals surface area contributed by atoms with Gasteiger partial charge in [-0.15, -0.1) is 0 Å². The maximum Gasteiger partial charge on any atom is 0.352 e. The van der Waals surface area contributed by atoms with Crippen LogP contribution in [0.3, 0.4) is 0 Å². The first-order valence-electron chi connectivity index (χ1n) is 11.3. The van der Waals surface area contributed by atoms with Crippen molar-refractivity contribution in [1.29, 1.82) is 0 Å². The second-order valence-corrected chi connectivity index (χ2v) is 8.41. The molecule has 0 bridgehead atoms. The quantitative estimate of drug-likeness (QED) is 0.349. The molecule has 0 saturated heterocycles. The van der Waals surface area contributed by atoms with Crippen molar-refractivity contribution in [2.75, 3.05) is 6.61 Å². The normalized spacial score (nSPS) is 11.1. The molecule has 5 heteroatoms. The number of ether oxygens (including phenoxy) is 1. The molecule has 4 rings (SSSR count). The van der Waals surface area contributed by atoms with E-state index in [4.69, 9.17) is 4.74 Å². The van der Waals surface area contributed by atoms with Crippen LogP contribution in [0.2, 0.25) is 0 Å². The molecule has 0 unspecified atom stereocenters. The van der Waals surface area contributed by atoms with Gasteiger partial charge in [0.05, 0.1) is 6.61 Å². The van der Waals surface area contributed by atoms with Gasteiger partial charge in [-0.05, 0) is 55.7 Å². The van der Waals surface area contributed by atoms with Crippen LogP contribution in [0.5, 0.6) is 5.75 Å². The molecule has 4 aromatic rings. The Balaban J connectivity index is 1.64. The molecular formula is C28H30N2O3. The molecule has 2 N–H and O–H groups in total. The fourth-order valence-corrected chi connectivity index (χ4v) is 4.20. The molecule has 1 heterocycles. The van der Waals surface area contributed by atoms with E-state index in [0.29, 0.717) is 31.9 Å². The molecule has 3 aromatic carbocycles.